The number of fused-ring (bicyclic) bond motifs is 4. The molecule has 0 radical (unpaired) electrons. The summed E-state index contributed by atoms with van der Waals surface area (Å²) >= 11 is 1.92. The van der Waals surface area contributed by atoms with Gasteiger partial charge < -0.3 is 4.90 Å². The molecule has 2 aliphatic rings. The largest absolute Gasteiger partial charge is 0.358 e. The van der Waals surface area contributed by atoms with Gasteiger partial charge in [0.15, 0.2) is 0 Å². The molecule has 11 rings (SSSR count). The van der Waals surface area contributed by atoms with Crippen molar-refractivity contribution < 1.29 is 0 Å². The summed E-state index contributed by atoms with van der Waals surface area (Å²) in [6.07, 6.45) is 16.3. The molecule has 286 valence electrons. The number of hydrogen-bond acceptors (Lipinski definition) is 2. The number of nitrogens with zero attached hydrogens (tertiary/aromatic N) is 1. The molecule has 0 bridgehead atoms. The molecule has 0 saturated carbocycles. The van der Waals surface area contributed by atoms with Gasteiger partial charge in [-0.15, -0.1) is 11.3 Å². The Morgan fingerprint density at radius 2 is 0.883 bits per heavy atom. The number of hydrogen-bond donors (Lipinski definition) is 0. The van der Waals surface area contributed by atoms with Gasteiger partial charge in [0, 0.05) is 25.9 Å². The van der Waals surface area contributed by atoms with Gasteiger partial charge in [-0.25, -0.2) is 0 Å². The van der Waals surface area contributed by atoms with Crippen molar-refractivity contribution in [2.24, 2.45) is 0 Å². The first-order valence-corrected chi connectivity index (χ1v) is 21.9. The lowest BCUT2D eigenvalue weighted by atomic mass is 9.90. The highest BCUT2D eigenvalue weighted by molar-refractivity contribution is 7.26. The summed E-state index contributed by atoms with van der Waals surface area (Å²) in [4.78, 5) is 2.63. The summed E-state index contributed by atoms with van der Waals surface area (Å²) in [6.45, 7) is 0. The van der Waals surface area contributed by atoms with Crippen LogP contribution < -0.4 is 4.90 Å². The third kappa shape index (κ3) is 6.70. The number of thiophene rings is 1. The Hall–Kier alpha value is -7.00. The minimum Gasteiger partial charge on any atom is -0.358 e. The van der Waals surface area contributed by atoms with E-state index in [1.807, 2.05) is 11.3 Å². The van der Waals surface area contributed by atoms with Crippen molar-refractivity contribution in [2.45, 2.75) is 24.9 Å². The third-order valence-corrected chi connectivity index (χ3v) is 13.6. The van der Waals surface area contributed by atoms with Gasteiger partial charge in [-0.2, -0.15) is 0 Å². The van der Waals surface area contributed by atoms with E-state index in [4.69, 9.17) is 0 Å². The molecular weight excluding hydrogens is 743 g/mol. The number of benzene rings is 8. The zero-order valence-electron chi connectivity index (χ0n) is 33.3. The van der Waals surface area contributed by atoms with Crippen molar-refractivity contribution in [1.29, 1.82) is 0 Å². The van der Waals surface area contributed by atoms with E-state index in [1.165, 1.54) is 92.3 Å². The van der Waals surface area contributed by atoms with Crippen LogP contribution in [0.5, 0.6) is 0 Å². The fraction of sp³-hybridized carbons (Fsp3) is 0.0690. The first-order chi connectivity index (χ1) is 29.7. The molecule has 2 unspecified atom stereocenters. The average molecular weight is 786 g/mol. The van der Waals surface area contributed by atoms with Gasteiger partial charge in [0.1, 0.15) is 0 Å². The van der Waals surface area contributed by atoms with Gasteiger partial charge in [-0.05, 0) is 97.5 Å². The highest BCUT2D eigenvalue weighted by Gasteiger charge is 2.26. The van der Waals surface area contributed by atoms with E-state index in [-0.39, 0.29) is 12.1 Å². The summed E-state index contributed by atoms with van der Waals surface area (Å²) in [6, 6.07) is 69.1. The van der Waals surface area contributed by atoms with Crippen LogP contribution >= 0.6 is 11.3 Å². The summed E-state index contributed by atoms with van der Waals surface area (Å²) in [5.41, 5.74) is 14.0. The Morgan fingerprint density at radius 1 is 0.383 bits per heavy atom. The second-order valence-electron chi connectivity index (χ2n) is 15.9. The van der Waals surface area contributed by atoms with Crippen molar-refractivity contribution in [3.8, 4) is 33.4 Å². The second kappa shape index (κ2) is 15.6. The Kier molecular flexibility index (Phi) is 9.41. The van der Waals surface area contributed by atoms with Gasteiger partial charge >= 0.3 is 0 Å². The molecule has 0 amide bonds. The predicted octanol–water partition coefficient (Wildman–Crippen LogP) is 15.8. The van der Waals surface area contributed by atoms with E-state index in [1.54, 1.807) is 0 Å². The van der Waals surface area contributed by atoms with Crippen molar-refractivity contribution in [3.63, 3.8) is 0 Å². The van der Waals surface area contributed by atoms with Crippen molar-refractivity contribution in [3.05, 3.63) is 236 Å². The molecule has 2 heteroatoms. The van der Waals surface area contributed by atoms with E-state index >= 15 is 0 Å². The molecule has 0 saturated heterocycles. The Morgan fingerprint density at radius 3 is 1.57 bits per heavy atom. The maximum atomic E-state index is 2.63. The first kappa shape index (κ1) is 36.1. The molecule has 1 nitrogen and oxygen atoms in total. The lowest BCUT2D eigenvalue weighted by Crippen LogP contribution is -2.42. The molecular formula is C58H43NS. The van der Waals surface area contributed by atoms with Gasteiger partial charge in [-0.1, -0.05) is 206 Å². The molecule has 60 heavy (non-hydrogen) atoms. The van der Waals surface area contributed by atoms with Gasteiger partial charge in [0.25, 0.3) is 0 Å². The molecule has 0 spiro atoms. The number of allylic oxidation sites excluding steroid dienone is 4. The van der Waals surface area contributed by atoms with Crippen LogP contribution in [0.15, 0.2) is 225 Å². The molecule has 2 aliphatic carbocycles. The van der Waals surface area contributed by atoms with Crippen LogP contribution in [0.3, 0.4) is 0 Å². The molecule has 2 atom stereocenters. The van der Waals surface area contributed by atoms with Crippen molar-refractivity contribution in [2.75, 3.05) is 4.90 Å². The van der Waals surface area contributed by atoms with Crippen LogP contribution in [0.25, 0.3) is 75.5 Å². The fourth-order valence-electron chi connectivity index (χ4n) is 9.37. The lowest BCUT2D eigenvalue weighted by Gasteiger charge is -2.39. The Bertz CT molecular complexity index is 3140. The van der Waals surface area contributed by atoms with E-state index in [0.717, 1.165) is 12.8 Å². The number of anilines is 1. The lowest BCUT2D eigenvalue weighted by molar-refractivity contribution is 0.617. The van der Waals surface area contributed by atoms with Gasteiger partial charge in [0.05, 0.1) is 12.1 Å². The van der Waals surface area contributed by atoms with Crippen LogP contribution in [-0.2, 0) is 0 Å². The van der Waals surface area contributed by atoms with E-state index < -0.39 is 0 Å². The maximum absolute atomic E-state index is 2.63. The SMILES string of the molecule is C1=CC(N(c2ccc(-c3ccccc3)cc2)C2C=CC(c3cccc4ccccc34)=CC2)CC=C1c1cccc(-c2cccc3c2sc2c(-c4ccccc4)cccc23)c1. The highest BCUT2D eigenvalue weighted by atomic mass is 32.1. The molecule has 0 aliphatic heterocycles. The van der Waals surface area contributed by atoms with E-state index in [2.05, 4.69) is 229 Å². The molecule has 8 aromatic carbocycles. The van der Waals surface area contributed by atoms with Gasteiger partial charge in [0.2, 0.25) is 0 Å². The molecule has 1 aromatic heterocycles. The summed E-state index contributed by atoms with van der Waals surface area (Å²) in [7, 11) is 0. The van der Waals surface area contributed by atoms with Crippen LogP contribution in [0.4, 0.5) is 5.69 Å². The normalized spacial score (nSPS) is 16.3. The van der Waals surface area contributed by atoms with E-state index in [0.29, 0.717) is 0 Å². The van der Waals surface area contributed by atoms with Crippen molar-refractivity contribution >= 4 is 59.1 Å². The van der Waals surface area contributed by atoms with Crippen LogP contribution in [0, 0.1) is 0 Å². The molecule has 0 N–H and O–H groups in total. The van der Waals surface area contributed by atoms with Crippen LogP contribution in [0.1, 0.15) is 24.0 Å². The van der Waals surface area contributed by atoms with Crippen LogP contribution in [0.2, 0.25) is 0 Å². The monoisotopic (exact) mass is 785 g/mol. The smallest absolute Gasteiger partial charge is 0.0517 e. The van der Waals surface area contributed by atoms with Crippen molar-refractivity contribution in [1.82, 2.24) is 0 Å². The highest BCUT2D eigenvalue weighted by Crippen LogP contribution is 2.44. The Balaban J connectivity index is 0.899. The fourth-order valence-corrected chi connectivity index (χ4v) is 10.7. The molecule has 0 fully saturated rings. The number of rotatable bonds is 8. The quantitative estimate of drug-likeness (QED) is 0.148. The molecule has 1 heterocycles. The topological polar surface area (TPSA) is 3.24 Å². The Labute approximate surface area is 356 Å². The second-order valence-corrected chi connectivity index (χ2v) is 16.9. The standard InChI is InChI=1S/C58H43NS/c1-3-13-40(14-4-1)41-27-33-48(34-28-41)59(50-37-31-45(32-38-50)52-22-10-18-43-17-7-8-21-51(43)52)49-35-29-42(30-36-49)46-19-9-20-47(39-46)54-24-12-26-56-55-25-11-23-53(57(55)60-58(54)56)44-15-5-2-6-16-44/h1-35,37,39,49-50H,36,38H2. The minimum atomic E-state index is 0.216. The summed E-state index contributed by atoms with van der Waals surface area (Å²) < 4.78 is 2.69. The third-order valence-electron chi connectivity index (χ3n) is 12.4. The first-order valence-electron chi connectivity index (χ1n) is 21.0. The predicted molar refractivity (Wildman–Crippen MR) is 260 cm³/mol. The van der Waals surface area contributed by atoms with Crippen LogP contribution in [-0.4, -0.2) is 12.1 Å². The molecule has 9 aromatic rings. The van der Waals surface area contributed by atoms with Gasteiger partial charge in [-0.3, -0.25) is 0 Å². The summed E-state index contributed by atoms with van der Waals surface area (Å²) in [5, 5.41) is 5.23. The summed E-state index contributed by atoms with van der Waals surface area (Å²) in [5.74, 6) is 0. The zero-order chi connectivity index (χ0) is 39.8. The zero-order valence-corrected chi connectivity index (χ0v) is 34.1. The minimum absolute atomic E-state index is 0.216. The van der Waals surface area contributed by atoms with E-state index in [9.17, 15) is 0 Å². The average Bonchev–Trinajstić information content (AvgIpc) is 3.72. The maximum Gasteiger partial charge on any atom is 0.0517 e.